The maximum atomic E-state index is 5.90. The Hall–Kier alpha value is -1.42. The molecule has 0 unspecified atom stereocenters. The first-order chi connectivity index (χ1) is 11.6. The van der Waals surface area contributed by atoms with Gasteiger partial charge in [-0.05, 0) is 54.3 Å². The van der Waals surface area contributed by atoms with E-state index in [-0.39, 0.29) is 12.4 Å². The van der Waals surface area contributed by atoms with Crippen LogP contribution in [0.3, 0.4) is 0 Å². The molecular formula is C20H27Cl2NO2. The second-order valence-corrected chi connectivity index (χ2v) is 6.70. The van der Waals surface area contributed by atoms with E-state index in [0.29, 0.717) is 6.61 Å². The third-order valence-corrected chi connectivity index (χ3v) is 4.02. The van der Waals surface area contributed by atoms with Crippen LogP contribution in [0.5, 0.6) is 11.5 Å². The molecule has 2 aromatic rings. The summed E-state index contributed by atoms with van der Waals surface area (Å²) in [5.74, 6) is 2.22. The highest BCUT2D eigenvalue weighted by molar-refractivity contribution is 6.30. The number of methoxy groups -OCH3 is 1. The van der Waals surface area contributed by atoms with Gasteiger partial charge in [0.05, 0.1) is 7.11 Å². The van der Waals surface area contributed by atoms with Crippen molar-refractivity contribution in [3.8, 4) is 11.5 Å². The Kier molecular flexibility index (Phi) is 9.73. The highest BCUT2D eigenvalue weighted by atomic mass is 35.5. The monoisotopic (exact) mass is 383 g/mol. The maximum Gasteiger partial charge on any atom is 0.161 e. The van der Waals surface area contributed by atoms with E-state index in [4.69, 9.17) is 21.1 Å². The number of ether oxygens (including phenoxy) is 2. The van der Waals surface area contributed by atoms with Crippen LogP contribution in [-0.2, 0) is 13.2 Å². The molecule has 2 aromatic carbocycles. The summed E-state index contributed by atoms with van der Waals surface area (Å²) in [6.45, 7) is 6.81. The van der Waals surface area contributed by atoms with E-state index >= 15 is 0 Å². The van der Waals surface area contributed by atoms with Gasteiger partial charge >= 0.3 is 0 Å². The van der Waals surface area contributed by atoms with Gasteiger partial charge in [0.1, 0.15) is 6.61 Å². The van der Waals surface area contributed by atoms with Crippen molar-refractivity contribution in [1.82, 2.24) is 5.32 Å². The third-order valence-electron chi connectivity index (χ3n) is 3.76. The second-order valence-electron chi connectivity index (χ2n) is 6.26. The molecule has 1 N–H and O–H groups in total. The standard InChI is InChI=1S/C20H26ClNO2.ClH/c1-15(2)10-11-22-13-17-6-9-19(20(12-17)23-3)24-14-16-4-7-18(21)8-5-16;/h4-9,12,15,22H,10-11,13-14H2,1-3H3;1H. The van der Waals surface area contributed by atoms with Crippen molar-refractivity contribution in [3.05, 3.63) is 58.6 Å². The van der Waals surface area contributed by atoms with Gasteiger partial charge in [-0.2, -0.15) is 0 Å². The summed E-state index contributed by atoms with van der Waals surface area (Å²) in [4.78, 5) is 0. The summed E-state index contributed by atoms with van der Waals surface area (Å²) in [5, 5.41) is 4.19. The van der Waals surface area contributed by atoms with E-state index in [1.807, 2.05) is 36.4 Å². The molecule has 0 heterocycles. The van der Waals surface area contributed by atoms with Gasteiger partial charge in [-0.25, -0.2) is 0 Å². The van der Waals surface area contributed by atoms with Gasteiger partial charge in [-0.3, -0.25) is 0 Å². The van der Waals surface area contributed by atoms with Crippen molar-refractivity contribution in [3.63, 3.8) is 0 Å². The molecular weight excluding hydrogens is 357 g/mol. The maximum absolute atomic E-state index is 5.90. The predicted molar refractivity (Wildman–Crippen MR) is 107 cm³/mol. The zero-order valence-corrected chi connectivity index (χ0v) is 16.6. The minimum Gasteiger partial charge on any atom is -0.493 e. The largest absolute Gasteiger partial charge is 0.493 e. The van der Waals surface area contributed by atoms with Crippen molar-refractivity contribution in [2.24, 2.45) is 5.92 Å². The smallest absolute Gasteiger partial charge is 0.161 e. The van der Waals surface area contributed by atoms with E-state index < -0.39 is 0 Å². The van der Waals surface area contributed by atoms with Gasteiger partial charge < -0.3 is 14.8 Å². The van der Waals surface area contributed by atoms with Gasteiger partial charge in [0.15, 0.2) is 11.5 Å². The van der Waals surface area contributed by atoms with Gasteiger partial charge in [-0.15, -0.1) is 12.4 Å². The van der Waals surface area contributed by atoms with Crippen molar-refractivity contribution < 1.29 is 9.47 Å². The highest BCUT2D eigenvalue weighted by Gasteiger charge is 2.06. The van der Waals surface area contributed by atoms with Crippen LogP contribution in [0, 0.1) is 5.92 Å². The van der Waals surface area contributed by atoms with E-state index in [1.54, 1.807) is 7.11 Å². The molecule has 0 spiro atoms. The average Bonchev–Trinajstić information content (AvgIpc) is 2.58. The molecule has 0 radical (unpaired) electrons. The fraction of sp³-hybridized carbons (Fsp3) is 0.400. The molecule has 3 nitrogen and oxygen atoms in total. The summed E-state index contributed by atoms with van der Waals surface area (Å²) in [7, 11) is 1.67. The number of hydrogen-bond acceptors (Lipinski definition) is 3. The number of hydrogen-bond donors (Lipinski definition) is 1. The fourth-order valence-corrected chi connectivity index (χ4v) is 2.43. The lowest BCUT2D eigenvalue weighted by atomic mass is 10.1. The van der Waals surface area contributed by atoms with Crippen LogP contribution >= 0.6 is 24.0 Å². The van der Waals surface area contributed by atoms with Crippen LogP contribution in [0.25, 0.3) is 0 Å². The van der Waals surface area contributed by atoms with E-state index in [1.165, 1.54) is 12.0 Å². The first-order valence-electron chi connectivity index (χ1n) is 8.33. The van der Waals surface area contributed by atoms with Gasteiger partial charge in [-0.1, -0.05) is 43.6 Å². The Morgan fingerprint density at radius 2 is 1.68 bits per heavy atom. The molecule has 0 fully saturated rings. The van der Waals surface area contributed by atoms with Crippen molar-refractivity contribution in [1.29, 1.82) is 0 Å². The Morgan fingerprint density at radius 3 is 2.32 bits per heavy atom. The molecule has 0 aliphatic carbocycles. The zero-order chi connectivity index (χ0) is 17.4. The second kappa shape index (κ2) is 11.2. The molecule has 0 saturated carbocycles. The normalized spacial score (nSPS) is 10.4. The summed E-state index contributed by atoms with van der Waals surface area (Å²) in [6, 6.07) is 13.7. The molecule has 0 aliphatic rings. The van der Waals surface area contributed by atoms with Crippen LogP contribution in [0.4, 0.5) is 0 Å². The Morgan fingerprint density at radius 1 is 1.00 bits per heavy atom. The molecule has 138 valence electrons. The molecule has 0 atom stereocenters. The molecule has 5 heteroatoms. The first-order valence-corrected chi connectivity index (χ1v) is 8.71. The number of rotatable bonds is 9. The molecule has 0 aromatic heterocycles. The highest BCUT2D eigenvalue weighted by Crippen LogP contribution is 2.29. The van der Waals surface area contributed by atoms with Crippen LogP contribution in [0.1, 0.15) is 31.4 Å². The molecule has 0 aliphatic heterocycles. The number of nitrogens with one attached hydrogen (secondary N) is 1. The van der Waals surface area contributed by atoms with Crippen LogP contribution in [-0.4, -0.2) is 13.7 Å². The SMILES string of the molecule is COc1cc(CNCCC(C)C)ccc1OCc1ccc(Cl)cc1.Cl. The van der Waals surface area contributed by atoms with Gasteiger partial charge in [0.2, 0.25) is 0 Å². The lowest BCUT2D eigenvalue weighted by Gasteiger charge is -2.13. The Balaban J connectivity index is 0.00000312. The fourth-order valence-electron chi connectivity index (χ4n) is 2.31. The quantitative estimate of drug-likeness (QED) is 0.581. The third kappa shape index (κ3) is 7.55. The molecule has 2 rings (SSSR count). The molecule has 25 heavy (non-hydrogen) atoms. The lowest BCUT2D eigenvalue weighted by Crippen LogP contribution is -2.16. The van der Waals surface area contributed by atoms with E-state index in [0.717, 1.165) is 41.1 Å². The molecule has 0 saturated heterocycles. The molecule has 0 amide bonds. The van der Waals surface area contributed by atoms with Gasteiger partial charge in [0, 0.05) is 11.6 Å². The Labute approximate surface area is 162 Å². The van der Waals surface area contributed by atoms with Crippen molar-refractivity contribution in [2.45, 2.75) is 33.4 Å². The number of benzene rings is 2. The minimum atomic E-state index is 0. The average molecular weight is 384 g/mol. The summed E-state index contributed by atoms with van der Waals surface area (Å²) < 4.78 is 11.3. The molecule has 0 bridgehead atoms. The van der Waals surface area contributed by atoms with E-state index in [2.05, 4.69) is 25.2 Å². The zero-order valence-electron chi connectivity index (χ0n) is 15.0. The first kappa shape index (κ1) is 21.6. The van der Waals surface area contributed by atoms with Crippen molar-refractivity contribution >= 4 is 24.0 Å². The van der Waals surface area contributed by atoms with Crippen molar-refractivity contribution in [2.75, 3.05) is 13.7 Å². The topological polar surface area (TPSA) is 30.5 Å². The van der Waals surface area contributed by atoms with Crippen LogP contribution in [0.15, 0.2) is 42.5 Å². The summed E-state index contributed by atoms with van der Waals surface area (Å²) in [6.07, 6.45) is 1.18. The van der Waals surface area contributed by atoms with Crippen LogP contribution in [0.2, 0.25) is 5.02 Å². The number of halogens is 2. The lowest BCUT2D eigenvalue weighted by molar-refractivity contribution is 0.284. The summed E-state index contributed by atoms with van der Waals surface area (Å²) in [5.41, 5.74) is 2.26. The van der Waals surface area contributed by atoms with E-state index in [9.17, 15) is 0 Å². The van der Waals surface area contributed by atoms with Gasteiger partial charge in [0.25, 0.3) is 0 Å². The predicted octanol–water partition coefficient (Wildman–Crippen LogP) is 5.49. The minimum absolute atomic E-state index is 0. The summed E-state index contributed by atoms with van der Waals surface area (Å²) >= 11 is 5.90. The van der Waals surface area contributed by atoms with Crippen LogP contribution < -0.4 is 14.8 Å². The Bertz CT molecular complexity index is 630.